The third-order valence-electron chi connectivity index (χ3n) is 5.06. The summed E-state index contributed by atoms with van der Waals surface area (Å²) in [6.07, 6.45) is 5.28. The molecule has 1 aliphatic rings. The van der Waals surface area contributed by atoms with Gasteiger partial charge in [0, 0.05) is 37.7 Å². The number of carbonyl (C=O) groups excluding carboxylic acids is 1. The lowest BCUT2D eigenvalue weighted by atomic mass is 9.97. The number of amides is 1. The molecule has 140 valence electrons. The Bertz CT molecular complexity index is 981. The fraction of sp³-hybridized carbons (Fsp3) is 0.350. The van der Waals surface area contributed by atoms with Gasteiger partial charge in [0.2, 0.25) is 5.91 Å². The molecule has 0 spiro atoms. The van der Waals surface area contributed by atoms with Crippen LogP contribution in [0.25, 0.3) is 16.3 Å². The zero-order chi connectivity index (χ0) is 19.0. The molecule has 0 N–H and O–H groups in total. The Morgan fingerprint density at radius 3 is 2.70 bits per heavy atom. The molecule has 1 aromatic carbocycles. The van der Waals surface area contributed by atoms with Crippen LogP contribution in [0.2, 0.25) is 5.15 Å². The van der Waals surface area contributed by atoms with E-state index in [1.807, 2.05) is 24.0 Å². The Morgan fingerprint density at radius 1 is 1.30 bits per heavy atom. The number of carbonyl (C=O) groups is 1. The quantitative estimate of drug-likeness (QED) is 0.612. The summed E-state index contributed by atoms with van der Waals surface area (Å²) in [6.45, 7) is 3.40. The van der Waals surface area contributed by atoms with E-state index < -0.39 is 0 Å². The van der Waals surface area contributed by atoms with Gasteiger partial charge < -0.3 is 4.90 Å². The average Bonchev–Trinajstić information content (AvgIpc) is 3.21. The fourth-order valence-corrected chi connectivity index (χ4v) is 4.88. The molecule has 0 saturated carbocycles. The molecule has 0 atom stereocenters. The van der Waals surface area contributed by atoms with Crippen molar-refractivity contribution in [1.29, 1.82) is 0 Å². The standard InChI is InChI=1S/C20H21ClN4OS/c1-13-15(19(21)24(2)23-13)7-8-18(26)25-11-9-14(10-12-25)20-22-16-5-3-4-6-17(16)27-20/h3-8,14H,9-12H2,1-2H3/b8-7+. The van der Waals surface area contributed by atoms with Crippen LogP contribution in [0.15, 0.2) is 30.3 Å². The highest BCUT2D eigenvalue weighted by Gasteiger charge is 2.25. The number of hydrogen-bond donors (Lipinski definition) is 0. The molecule has 0 aliphatic carbocycles. The molecular weight excluding hydrogens is 380 g/mol. The molecule has 0 unspecified atom stereocenters. The van der Waals surface area contributed by atoms with E-state index in [4.69, 9.17) is 16.6 Å². The predicted octanol–water partition coefficient (Wildman–Crippen LogP) is 4.41. The minimum absolute atomic E-state index is 0.0251. The topological polar surface area (TPSA) is 51.0 Å². The number of thiazole rings is 1. The van der Waals surface area contributed by atoms with E-state index in [9.17, 15) is 4.79 Å². The smallest absolute Gasteiger partial charge is 0.246 e. The van der Waals surface area contributed by atoms with E-state index in [2.05, 4.69) is 17.2 Å². The summed E-state index contributed by atoms with van der Waals surface area (Å²) in [5.41, 5.74) is 2.70. The number of piperidine rings is 1. The van der Waals surface area contributed by atoms with E-state index in [0.717, 1.165) is 42.7 Å². The van der Waals surface area contributed by atoms with E-state index in [-0.39, 0.29) is 5.91 Å². The Balaban J connectivity index is 1.39. The van der Waals surface area contributed by atoms with Crippen LogP contribution in [0, 0.1) is 6.92 Å². The summed E-state index contributed by atoms with van der Waals surface area (Å²) in [5, 5.41) is 6.00. The summed E-state index contributed by atoms with van der Waals surface area (Å²) >= 11 is 8.00. The van der Waals surface area contributed by atoms with Crippen molar-refractivity contribution >= 4 is 45.1 Å². The van der Waals surface area contributed by atoms with Crippen molar-refractivity contribution in [2.45, 2.75) is 25.7 Å². The van der Waals surface area contributed by atoms with Crippen molar-refractivity contribution < 1.29 is 4.79 Å². The molecule has 7 heteroatoms. The van der Waals surface area contributed by atoms with Gasteiger partial charge in [0.1, 0.15) is 5.15 Å². The molecular formula is C20H21ClN4OS. The first-order valence-corrected chi connectivity index (χ1v) is 10.2. The highest BCUT2D eigenvalue weighted by Crippen LogP contribution is 2.33. The second-order valence-electron chi connectivity index (χ2n) is 6.87. The monoisotopic (exact) mass is 400 g/mol. The molecule has 3 aromatic rings. The number of benzene rings is 1. The molecule has 27 heavy (non-hydrogen) atoms. The SMILES string of the molecule is Cc1nn(C)c(Cl)c1/C=C/C(=O)N1CCC(c2nc3ccccc3s2)CC1. The molecule has 5 nitrogen and oxygen atoms in total. The lowest BCUT2D eigenvalue weighted by molar-refractivity contribution is -0.126. The van der Waals surface area contributed by atoms with Gasteiger partial charge in [-0.2, -0.15) is 5.10 Å². The molecule has 1 aliphatic heterocycles. The number of para-hydroxylation sites is 1. The molecule has 2 aromatic heterocycles. The molecule has 1 fully saturated rings. The van der Waals surface area contributed by atoms with Gasteiger partial charge in [-0.05, 0) is 38.0 Å². The number of rotatable bonds is 3. The van der Waals surface area contributed by atoms with Gasteiger partial charge in [-0.15, -0.1) is 11.3 Å². The van der Waals surface area contributed by atoms with Crippen molar-refractivity contribution in [3.63, 3.8) is 0 Å². The number of fused-ring (bicyclic) bond motifs is 1. The first kappa shape index (κ1) is 18.2. The van der Waals surface area contributed by atoms with Crippen molar-refractivity contribution in [2.75, 3.05) is 13.1 Å². The number of aromatic nitrogens is 3. The maximum atomic E-state index is 12.5. The summed E-state index contributed by atoms with van der Waals surface area (Å²) in [4.78, 5) is 19.2. The van der Waals surface area contributed by atoms with Crippen LogP contribution in [0.1, 0.15) is 35.0 Å². The van der Waals surface area contributed by atoms with Gasteiger partial charge in [0.25, 0.3) is 0 Å². The first-order chi connectivity index (χ1) is 13.0. The number of likely N-dealkylation sites (tertiary alicyclic amines) is 1. The van der Waals surface area contributed by atoms with E-state index >= 15 is 0 Å². The zero-order valence-electron chi connectivity index (χ0n) is 15.4. The third-order valence-corrected chi connectivity index (χ3v) is 6.70. The van der Waals surface area contributed by atoms with Crippen LogP contribution in [-0.2, 0) is 11.8 Å². The molecule has 0 bridgehead atoms. The predicted molar refractivity (Wildman–Crippen MR) is 110 cm³/mol. The lowest BCUT2D eigenvalue weighted by Gasteiger charge is -2.30. The minimum Gasteiger partial charge on any atom is -0.339 e. The van der Waals surface area contributed by atoms with Crippen LogP contribution in [-0.4, -0.2) is 38.7 Å². The number of aryl methyl sites for hydroxylation is 2. The Hall–Kier alpha value is -2.18. The number of nitrogens with zero attached hydrogens (tertiary/aromatic N) is 4. The Morgan fingerprint density at radius 2 is 2.04 bits per heavy atom. The first-order valence-electron chi connectivity index (χ1n) is 9.04. The number of halogens is 1. The van der Waals surface area contributed by atoms with E-state index in [1.165, 1.54) is 9.71 Å². The Kier molecular flexibility index (Phi) is 5.02. The van der Waals surface area contributed by atoms with E-state index in [1.54, 1.807) is 35.2 Å². The summed E-state index contributed by atoms with van der Waals surface area (Å²) in [5.74, 6) is 0.461. The normalized spacial score (nSPS) is 15.9. The lowest BCUT2D eigenvalue weighted by Crippen LogP contribution is -2.36. The van der Waals surface area contributed by atoms with Crippen molar-refractivity contribution in [1.82, 2.24) is 19.7 Å². The maximum Gasteiger partial charge on any atom is 0.246 e. The van der Waals surface area contributed by atoms with Crippen LogP contribution in [0.5, 0.6) is 0 Å². The van der Waals surface area contributed by atoms with Gasteiger partial charge in [-0.25, -0.2) is 4.98 Å². The highest BCUT2D eigenvalue weighted by molar-refractivity contribution is 7.18. The second kappa shape index (κ2) is 7.44. The molecule has 0 radical (unpaired) electrons. The Labute approximate surface area is 167 Å². The average molecular weight is 401 g/mol. The van der Waals surface area contributed by atoms with Crippen molar-refractivity contribution in [3.8, 4) is 0 Å². The van der Waals surface area contributed by atoms with Gasteiger partial charge in [-0.1, -0.05) is 23.7 Å². The molecule has 3 heterocycles. The van der Waals surface area contributed by atoms with Crippen LogP contribution < -0.4 is 0 Å². The highest BCUT2D eigenvalue weighted by atomic mass is 35.5. The van der Waals surface area contributed by atoms with Crippen molar-refractivity contribution in [2.24, 2.45) is 7.05 Å². The minimum atomic E-state index is 0.0251. The van der Waals surface area contributed by atoms with Gasteiger partial charge in [0.05, 0.1) is 20.9 Å². The van der Waals surface area contributed by atoms with Crippen LogP contribution in [0.4, 0.5) is 0 Å². The summed E-state index contributed by atoms with van der Waals surface area (Å²) in [6, 6.07) is 8.25. The molecule has 4 rings (SSSR count). The van der Waals surface area contributed by atoms with E-state index in [0.29, 0.717) is 11.1 Å². The number of hydrogen-bond acceptors (Lipinski definition) is 4. The van der Waals surface area contributed by atoms with Crippen molar-refractivity contribution in [3.05, 3.63) is 51.8 Å². The summed E-state index contributed by atoms with van der Waals surface area (Å²) in [7, 11) is 1.79. The molecule has 1 amide bonds. The maximum absolute atomic E-state index is 12.5. The van der Waals surface area contributed by atoms with Gasteiger partial charge >= 0.3 is 0 Å². The summed E-state index contributed by atoms with van der Waals surface area (Å²) < 4.78 is 2.85. The van der Waals surface area contributed by atoms with Gasteiger partial charge in [-0.3, -0.25) is 9.48 Å². The third kappa shape index (κ3) is 3.64. The van der Waals surface area contributed by atoms with Crippen LogP contribution in [0.3, 0.4) is 0 Å². The molecule has 1 saturated heterocycles. The second-order valence-corrected chi connectivity index (χ2v) is 8.29. The van der Waals surface area contributed by atoms with Gasteiger partial charge in [0.15, 0.2) is 0 Å². The van der Waals surface area contributed by atoms with Crippen LogP contribution >= 0.6 is 22.9 Å². The fourth-order valence-electron chi connectivity index (χ4n) is 3.51. The largest absolute Gasteiger partial charge is 0.339 e. The zero-order valence-corrected chi connectivity index (χ0v) is 16.9.